The van der Waals surface area contributed by atoms with Crippen LogP contribution in [0.25, 0.3) is 11.4 Å². The molecule has 3 rings (SSSR count). The smallest absolute Gasteiger partial charge is 0.162 e. The average molecular weight is 318 g/mol. The van der Waals surface area contributed by atoms with Crippen molar-refractivity contribution in [3.8, 4) is 11.4 Å². The maximum Gasteiger partial charge on any atom is 0.162 e. The first-order valence-electron chi connectivity index (χ1n) is 6.57. The first kappa shape index (κ1) is 12.6. The molecule has 2 aromatic rings. The molecule has 2 N–H and O–H groups in total. The molecule has 19 heavy (non-hydrogen) atoms. The highest BCUT2D eigenvalue weighted by Crippen LogP contribution is 2.29. The van der Waals surface area contributed by atoms with E-state index in [0.29, 0.717) is 5.82 Å². The molecule has 0 bridgehead atoms. The Balaban J connectivity index is 2.13. The van der Waals surface area contributed by atoms with Gasteiger partial charge < -0.3 is 5.73 Å². The highest BCUT2D eigenvalue weighted by molar-refractivity contribution is 9.10. The van der Waals surface area contributed by atoms with Crippen molar-refractivity contribution in [2.75, 3.05) is 5.73 Å². The summed E-state index contributed by atoms with van der Waals surface area (Å²) in [5.41, 5.74) is 10.6. The number of fused-ring (bicyclic) bond motifs is 1. The van der Waals surface area contributed by atoms with Crippen LogP contribution < -0.4 is 5.73 Å². The van der Waals surface area contributed by atoms with Gasteiger partial charge in [-0.05, 0) is 56.4 Å². The summed E-state index contributed by atoms with van der Waals surface area (Å²) in [6, 6.07) is 6.14. The van der Waals surface area contributed by atoms with Gasteiger partial charge in [0, 0.05) is 21.3 Å². The Morgan fingerprint density at radius 3 is 2.74 bits per heavy atom. The number of aromatic nitrogens is 2. The molecule has 1 aromatic heterocycles. The predicted molar refractivity (Wildman–Crippen MR) is 81.0 cm³/mol. The van der Waals surface area contributed by atoms with Crippen molar-refractivity contribution in [1.29, 1.82) is 0 Å². The molecule has 0 amide bonds. The summed E-state index contributed by atoms with van der Waals surface area (Å²) >= 11 is 3.48. The van der Waals surface area contributed by atoms with Crippen molar-refractivity contribution in [2.24, 2.45) is 0 Å². The van der Waals surface area contributed by atoms with Gasteiger partial charge in [0.2, 0.25) is 0 Å². The molecule has 0 unspecified atom stereocenters. The monoisotopic (exact) mass is 317 g/mol. The van der Waals surface area contributed by atoms with Crippen LogP contribution in [0.3, 0.4) is 0 Å². The Morgan fingerprint density at radius 2 is 1.95 bits per heavy atom. The third kappa shape index (κ3) is 2.37. The highest BCUT2D eigenvalue weighted by atomic mass is 79.9. The number of hydrogen-bond donors (Lipinski definition) is 1. The summed E-state index contributed by atoms with van der Waals surface area (Å²) in [5, 5.41) is 0. The topological polar surface area (TPSA) is 51.8 Å². The molecule has 1 aliphatic carbocycles. The van der Waals surface area contributed by atoms with Crippen LogP contribution in [0.2, 0.25) is 0 Å². The lowest BCUT2D eigenvalue weighted by molar-refractivity contribution is 0.666. The van der Waals surface area contributed by atoms with Gasteiger partial charge in [-0.2, -0.15) is 0 Å². The molecular formula is C15H16BrN3. The second kappa shape index (κ2) is 4.93. The third-order valence-corrected chi connectivity index (χ3v) is 4.14. The van der Waals surface area contributed by atoms with E-state index in [9.17, 15) is 0 Å². The van der Waals surface area contributed by atoms with E-state index in [4.69, 9.17) is 10.7 Å². The van der Waals surface area contributed by atoms with Crippen LogP contribution in [0.5, 0.6) is 0 Å². The van der Waals surface area contributed by atoms with Crippen molar-refractivity contribution in [3.05, 3.63) is 39.5 Å². The summed E-state index contributed by atoms with van der Waals surface area (Å²) in [6.45, 7) is 2.07. The largest absolute Gasteiger partial charge is 0.383 e. The number of hydrogen-bond acceptors (Lipinski definition) is 3. The maximum atomic E-state index is 6.10. The van der Waals surface area contributed by atoms with Gasteiger partial charge in [-0.25, -0.2) is 9.97 Å². The molecule has 1 heterocycles. The maximum absolute atomic E-state index is 6.10. The molecule has 0 aliphatic heterocycles. The van der Waals surface area contributed by atoms with E-state index < -0.39 is 0 Å². The fourth-order valence-electron chi connectivity index (χ4n) is 2.62. The molecule has 0 saturated carbocycles. The molecule has 4 heteroatoms. The van der Waals surface area contributed by atoms with Crippen molar-refractivity contribution < 1.29 is 0 Å². The highest BCUT2D eigenvalue weighted by Gasteiger charge is 2.17. The summed E-state index contributed by atoms with van der Waals surface area (Å²) in [7, 11) is 0. The van der Waals surface area contributed by atoms with Gasteiger partial charge in [0.25, 0.3) is 0 Å². The Hall–Kier alpha value is -1.42. The predicted octanol–water partition coefficient (Wildman–Crippen LogP) is 3.68. The van der Waals surface area contributed by atoms with Crippen LogP contribution in [0.4, 0.5) is 5.82 Å². The summed E-state index contributed by atoms with van der Waals surface area (Å²) in [5.74, 6) is 1.41. The molecule has 1 aliphatic rings. The number of halogens is 1. The zero-order valence-electron chi connectivity index (χ0n) is 10.9. The normalized spacial score (nSPS) is 14.2. The molecule has 0 fully saturated rings. The number of aryl methyl sites for hydroxylation is 2. The number of rotatable bonds is 1. The van der Waals surface area contributed by atoms with E-state index in [0.717, 1.165) is 45.5 Å². The molecule has 0 radical (unpaired) electrons. The van der Waals surface area contributed by atoms with Crippen LogP contribution in [0.15, 0.2) is 22.7 Å². The summed E-state index contributed by atoms with van der Waals surface area (Å²) in [6.07, 6.45) is 4.42. The van der Waals surface area contributed by atoms with E-state index in [1.165, 1.54) is 12.8 Å². The lowest BCUT2D eigenvalue weighted by Crippen LogP contribution is -2.12. The fourth-order valence-corrected chi connectivity index (χ4v) is 3.10. The molecule has 3 nitrogen and oxygen atoms in total. The third-order valence-electron chi connectivity index (χ3n) is 3.64. The first-order valence-corrected chi connectivity index (χ1v) is 7.36. The van der Waals surface area contributed by atoms with Gasteiger partial charge in [-0.1, -0.05) is 15.9 Å². The molecule has 1 aromatic carbocycles. The number of nitrogens with zero attached hydrogens (tertiary/aromatic N) is 2. The van der Waals surface area contributed by atoms with Gasteiger partial charge in [0.05, 0.1) is 0 Å². The van der Waals surface area contributed by atoms with Crippen LogP contribution >= 0.6 is 15.9 Å². The van der Waals surface area contributed by atoms with Crippen molar-refractivity contribution in [1.82, 2.24) is 9.97 Å². The van der Waals surface area contributed by atoms with E-state index in [-0.39, 0.29) is 0 Å². The van der Waals surface area contributed by atoms with Crippen molar-refractivity contribution in [3.63, 3.8) is 0 Å². The number of nitrogens with two attached hydrogens (primary N) is 1. The Bertz CT molecular complexity index is 638. The molecular weight excluding hydrogens is 302 g/mol. The van der Waals surface area contributed by atoms with Crippen molar-refractivity contribution in [2.45, 2.75) is 32.6 Å². The van der Waals surface area contributed by atoms with E-state index in [1.807, 2.05) is 12.1 Å². The molecule has 0 atom stereocenters. The van der Waals surface area contributed by atoms with Crippen molar-refractivity contribution >= 4 is 21.7 Å². The second-order valence-corrected chi connectivity index (χ2v) is 5.94. The zero-order chi connectivity index (χ0) is 13.4. The first-order chi connectivity index (χ1) is 9.15. The minimum absolute atomic E-state index is 0.655. The molecule has 98 valence electrons. The van der Waals surface area contributed by atoms with Gasteiger partial charge in [0.1, 0.15) is 5.82 Å². The number of anilines is 1. The zero-order valence-corrected chi connectivity index (χ0v) is 12.5. The summed E-state index contributed by atoms with van der Waals surface area (Å²) in [4.78, 5) is 9.23. The Kier molecular flexibility index (Phi) is 3.27. The van der Waals surface area contributed by atoms with Crippen LogP contribution in [0, 0.1) is 6.92 Å². The fraction of sp³-hybridized carbons (Fsp3) is 0.333. The minimum Gasteiger partial charge on any atom is -0.383 e. The standard InChI is InChI=1S/C15H16BrN3/c1-9-8-10(16)6-7-11(9)15-18-13-5-3-2-4-12(13)14(17)19-15/h6-8H,2-5H2,1H3,(H2,17,18,19). The molecule has 0 spiro atoms. The Morgan fingerprint density at radius 1 is 1.16 bits per heavy atom. The summed E-state index contributed by atoms with van der Waals surface area (Å²) < 4.78 is 1.07. The van der Waals surface area contributed by atoms with E-state index in [1.54, 1.807) is 0 Å². The average Bonchev–Trinajstić information content (AvgIpc) is 2.38. The lowest BCUT2D eigenvalue weighted by Gasteiger charge is -2.17. The van der Waals surface area contributed by atoms with Crippen LogP contribution in [0.1, 0.15) is 29.7 Å². The Labute approximate surface area is 121 Å². The van der Waals surface area contributed by atoms with Gasteiger partial charge in [-0.15, -0.1) is 0 Å². The van der Waals surface area contributed by atoms with Gasteiger partial charge in [0.15, 0.2) is 5.82 Å². The SMILES string of the molecule is Cc1cc(Br)ccc1-c1nc(N)c2c(n1)CCCC2. The van der Waals surface area contributed by atoms with Crippen LogP contribution in [-0.4, -0.2) is 9.97 Å². The number of nitrogen functional groups attached to an aromatic ring is 1. The quantitative estimate of drug-likeness (QED) is 0.873. The lowest BCUT2D eigenvalue weighted by atomic mass is 9.96. The van der Waals surface area contributed by atoms with E-state index >= 15 is 0 Å². The van der Waals surface area contributed by atoms with Gasteiger partial charge in [-0.3, -0.25) is 0 Å². The molecule has 0 saturated heterocycles. The second-order valence-electron chi connectivity index (χ2n) is 5.02. The number of benzene rings is 1. The van der Waals surface area contributed by atoms with Crippen LogP contribution in [-0.2, 0) is 12.8 Å². The van der Waals surface area contributed by atoms with E-state index in [2.05, 4.69) is 33.9 Å². The minimum atomic E-state index is 0.655. The van der Waals surface area contributed by atoms with Gasteiger partial charge >= 0.3 is 0 Å².